The van der Waals surface area contributed by atoms with E-state index in [1.54, 1.807) is 13.2 Å². The van der Waals surface area contributed by atoms with Gasteiger partial charge in [-0.25, -0.2) is 0 Å². The number of phenolic OH excluding ortho intramolecular Hbond substituents is 2. The minimum Gasteiger partial charge on any atom is -0.504 e. The normalized spacial score (nSPS) is 12.1. The molecule has 1 aromatic carbocycles. The molecule has 0 aromatic heterocycles. The summed E-state index contributed by atoms with van der Waals surface area (Å²) in [5, 5.41) is 18.5. The first kappa shape index (κ1) is 15.3. The lowest BCUT2D eigenvalue weighted by atomic mass is 10.1. The molecule has 0 aliphatic rings. The van der Waals surface area contributed by atoms with Gasteiger partial charge in [-0.1, -0.05) is 6.07 Å². The topological polar surface area (TPSA) is 102 Å². The number of carbonyl (C=O) groups is 1. The molecular weight excluding hydrogens is 250 g/mol. The summed E-state index contributed by atoms with van der Waals surface area (Å²) in [6.45, 7) is 0.787. The van der Waals surface area contributed by atoms with E-state index in [9.17, 15) is 9.90 Å². The van der Waals surface area contributed by atoms with Crippen LogP contribution in [0, 0.1) is 0 Å². The quantitative estimate of drug-likeness (QED) is 0.379. The van der Waals surface area contributed by atoms with Crippen molar-refractivity contribution in [3.05, 3.63) is 23.8 Å². The highest BCUT2D eigenvalue weighted by atomic mass is 16.5. The number of hydrogen-bond donors (Lipinski definition) is 3. The molecule has 0 aliphatic carbocycles. The summed E-state index contributed by atoms with van der Waals surface area (Å²) in [5.41, 5.74) is 6.35. The van der Waals surface area contributed by atoms with Crippen LogP contribution in [0.15, 0.2) is 18.2 Å². The lowest BCUT2D eigenvalue weighted by Gasteiger charge is -2.12. The molecule has 4 N–H and O–H groups in total. The molecule has 1 rings (SSSR count). The zero-order valence-corrected chi connectivity index (χ0v) is 10.8. The molecular formula is C13H19NO5. The summed E-state index contributed by atoms with van der Waals surface area (Å²) in [4.78, 5) is 11.6. The van der Waals surface area contributed by atoms with Crippen LogP contribution in [-0.4, -0.2) is 42.5 Å². The van der Waals surface area contributed by atoms with Crippen molar-refractivity contribution >= 4 is 5.97 Å². The van der Waals surface area contributed by atoms with Crippen molar-refractivity contribution in [1.29, 1.82) is 0 Å². The number of phenols is 2. The molecule has 6 heteroatoms. The highest BCUT2D eigenvalue weighted by Crippen LogP contribution is 2.25. The summed E-state index contributed by atoms with van der Waals surface area (Å²) >= 11 is 0. The Morgan fingerprint density at radius 1 is 1.32 bits per heavy atom. The molecule has 0 heterocycles. The van der Waals surface area contributed by atoms with E-state index >= 15 is 0 Å². The maximum atomic E-state index is 11.6. The molecule has 0 saturated heterocycles. The number of carbonyl (C=O) groups excluding carboxylic acids is 1. The number of hydrogen-bond acceptors (Lipinski definition) is 6. The minimum atomic E-state index is -0.800. The Morgan fingerprint density at radius 2 is 2.05 bits per heavy atom. The van der Waals surface area contributed by atoms with Gasteiger partial charge in [0.25, 0.3) is 0 Å². The lowest BCUT2D eigenvalue weighted by molar-refractivity contribution is -0.145. The van der Waals surface area contributed by atoms with Crippen LogP contribution in [0.5, 0.6) is 11.5 Å². The van der Waals surface area contributed by atoms with Gasteiger partial charge in [-0.15, -0.1) is 0 Å². The molecule has 0 radical (unpaired) electrons. The number of esters is 1. The molecule has 0 fully saturated rings. The van der Waals surface area contributed by atoms with Gasteiger partial charge in [0.05, 0.1) is 6.61 Å². The number of ether oxygens (including phenoxy) is 2. The average Bonchev–Trinajstić information content (AvgIpc) is 2.38. The van der Waals surface area contributed by atoms with Gasteiger partial charge in [-0.2, -0.15) is 0 Å². The predicted octanol–water partition coefficient (Wildman–Crippen LogP) is 0.547. The van der Waals surface area contributed by atoms with E-state index in [0.717, 1.165) is 0 Å². The summed E-state index contributed by atoms with van der Waals surface area (Å²) in [6.07, 6.45) is 0.853. The summed E-state index contributed by atoms with van der Waals surface area (Å²) in [7, 11) is 1.57. The van der Waals surface area contributed by atoms with Crippen LogP contribution in [0.2, 0.25) is 0 Å². The Hall–Kier alpha value is -1.79. The van der Waals surface area contributed by atoms with E-state index < -0.39 is 12.0 Å². The van der Waals surface area contributed by atoms with Crippen molar-refractivity contribution in [1.82, 2.24) is 0 Å². The third-order valence-electron chi connectivity index (χ3n) is 2.54. The average molecular weight is 269 g/mol. The second-order valence-corrected chi connectivity index (χ2v) is 4.15. The Bertz CT molecular complexity index is 421. The van der Waals surface area contributed by atoms with Gasteiger partial charge in [0.1, 0.15) is 6.04 Å². The number of methoxy groups -OCH3 is 1. The molecule has 6 nitrogen and oxygen atoms in total. The Balaban J connectivity index is 2.42. The van der Waals surface area contributed by atoms with Gasteiger partial charge in [-0.05, 0) is 24.1 Å². The van der Waals surface area contributed by atoms with Crippen LogP contribution in [-0.2, 0) is 20.7 Å². The first-order valence-corrected chi connectivity index (χ1v) is 5.96. The Kier molecular flexibility index (Phi) is 6.11. The molecule has 1 aromatic rings. The smallest absolute Gasteiger partial charge is 0.323 e. The molecule has 106 valence electrons. The molecule has 0 saturated carbocycles. The van der Waals surface area contributed by atoms with Crippen molar-refractivity contribution in [3.8, 4) is 11.5 Å². The Morgan fingerprint density at radius 3 is 2.68 bits per heavy atom. The molecule has 0 bridgehead atoms. The van der Waals surface area contributed by atoms with Gasteiger partial charge in [0, 0.05) is 20.1 Å². The lowest BCUT2D eigenvalue weighted by Crippen LogP contribution is -2.34. The maximum Gasteiger partial charge on any atom is 0.323 e. The zero-order chi connectivity index (χ0) is 14.3. The number of nitrogens with two attached hydrogens (primary N) is 1. The third-order valence-corrected chi connectivity index (χ3v) is 2.54. The van der Waals surface area contributed by atoms with Crippen LogP contribution < -0.4 is 5.73 Å². The van der Waals surface area contributed by atoms with Crippen molar-refractivity contribution in [2.75, 3.05) is 20.3 Å². The van der Waals surface area contributed by atoms with Gasteiger partial charge in [-0.3, -0.25) is 4.79 Å². The van der Waals surface area contributed by atoms with E-state index in [0.29, 0.717) is 18.6 Å². The second-order valence-electron chi connectivity index (χ2n) is 4.15. The fourth-order valence-corrected chi connectivity index (χ4v) is 1.52. The fourth-order valence-electron chi connectivity index (χ4n) is 1.52. The monoisotopic (exact) mass is 269 g/mol. The van der Waals surface area contributed by atoms with Crippen molar-refractivity contribution < 1.29 is 24.5 Å². The molecule has 1 atom stereocenters. The van der Waals surface area contributed by atoms with E-state index in [4.69, 9.17) is 20.3 Å². The summed E-state index contributed by atoms with van der Waals surface area (Å²) in [6, 6.07) is 3.51. The molecule has 0 unspecified atom stereocenters. The molecule has 19 heavy (non-hydrogen) atoms. The van der Waals surface area contributed by atoms with Crippen LogP contribution in [0.1, 0.15) is 12.0 Å². The minimum absolute atomic E-state index is 0.209. The summed E-state index contributed by atoms with van der Waals surface area (Å²) < 4.78 is 9.81. The van der Waals surface area contributed by atoms with Crippen LogP contribution >= 0.6 is 0 Å². The number of benzene rings is 1. The SMILES string of the molecule is COCCCOC(=O)[C@@H](N)Cc1ccc(O)c(O)c1. The zero-order valence-electron chi connectivity index (χ0n) is 10.8. The highest BCUT2D eigenvalue weighted by Gasteiger charge is 2.16. The van der Waals surface area contributed by atoms with E-state index in [1.165, 1.54) is 12.1 Å². The van der Waals surface area contributed by atoms with Gasteiger partial charge < -0.3 is 25.4 Å². The number of rotatable bonds is 7. The van der Waals surface area contributed by atoms with Crippen LogP contribution in [0.4, 0.5) is 0 Å². The fraction of sp³-hybridized carbons (Fsp3) is 0.462. The van der Waals surface area contributed by atoms with Crippen molar-refractivity contribution in [2.24, 2.45) is 5.73 Å². The molecule has 0 spiro atoms. The largest absolute Gasteiger partial charge is 0.504 e. The first-order chi connectivity index (χ1) is 9.04. The standard InChI is InChI=1S/C13H19NO5/c1-18-5-2-6-19-13(17)10(14)7-9-3-4-11(15)12(16)8-9/h3-4,8,10,15-16H,2,5-7,14H2,1H3/t10-/m0/s1. The second kappa shape index (κ2) is 7.60. The van der Waals surface area contributed by atoms with E-state index in [1.807, 2.05) is 0 Å². The van der Waals surface area contributed by atoms with E-state index in [-0.39, 0.29) is 24.5 Å². The van der Waals surface area contributed by atoms with Crippen LogP contribution in [0.25, 0.3) is 0 Å². The van der Waals surface area contributed by atoms with Gasteiger partial charge >= 0.3 is 5.97 Å². The number of aromatic hydroxyl groups is 2. The van der Waals surface area contributed by atoms with Crippen LogP contribution in [0.3, 0.4) is 0 Å². The predicted molar refractivity (Wildman–Crippen MR) is 68.9 cm³/mol. The third kappa shape index (κ3) is 5.15. The maximum absolute atomic E-state index is 11.6. The van der Waals surface area contributed by atoms with Gasteiger partial charge in [0.15, 0.2) is 11.5 Å². The highest BCUT2D eigenvalue weighted by molar-refractivity contribution is 5.75. The van der Waals surface area contributed by atoms with Gasteiger partial charge in [0.2, 0.25) is 0 Å². The first-order valence-electron chi connectivity index (χ1n) is 5.96. The Labute approximate surface area is 111 Å². The summed E-state index contributed by atoms with van der Waals surface area (Å²) in [5.74, 6) is -0.943. The van der Waals surface area contributed by atoms with E-state index in [2.05, 4.69) is 0 Å². The van der Waals surface area contributed by atoms with Crippen molar-refractivity contribution in [2.45, 2.75) is 18.9 Å². The molecule has 0 aliphatic heterocycles. The molecule has 0 amide bonds. The van der Waals surface area contributed by atoms with Crippen molar-refractivity contribution in [3.63, 3.8) is 0 Å².